The third-order valence-corrected chi connectivity index (χ3v) is 4.85. The minimum atomic E-state index is 0.0704. The molecule has 6 heteroatoms. The molecular formula is C18H25N5S. The molecular weight excluding hydrogens is 318 g/mol. The highest BCUT2D eigenvalue weighted by Crippen LogP contribution is 2.38. The lowest BCUT2D eigenvalue weighted by Gasteiger charge is -2.29. The van der Waals surface area contributed by atoms with E-state index >= 15 is 0 Å². The van der Waals surface area contributed by atoms with Crippen molar-refractivity contribution < 1.29 is 0 Å². The fraction of sp³-hybridized carbons (Fsp3) is 0.444. The largest absolute Gasteiger partial charge is 0.352 e. The highest BCUT2D eigenvalue weighted by molar-refractivity contribution is 7.80. The van der Waals surface area contributed by atoms with Crippen LogP contribution in [0, 0.1) is 0 Å². The van der Waals surface area contributed by atoms with Crippen LogP contribution in [0.25, 0.3) is 0 Å². The van der Waals surface area contributed by atoms with E-state index in [9.17, 15) is 0 Å². The van der Waals surface area contributed by atoms with Crippen LogP contribution in [0.3, 0.4) is 0 Å². The molecule has 1 saturated heterocycles. The zero-order chi connectivity index (χ0) is 17.1. The van der Waals surface area contributed by atoms with Gasteiger partial charge in [0, 0.05) is 37.7 Å². The number of nitrogens with one attached hydrogen (secondary N) is 1. The van der Waals surface area contributed by atoms with Crippen LogP contribution in [-0.4, -0.2) is 51.6 Å². The van der Waals surface area contributed by atoms with E-state index in [1.54, 1.807) is 0 Å². The lowest BCUT2D eigenvalue weighted by atomic mass is 10.0. The van der Waals surface area contributed by atoms with Crippen molar-refractivity contribution in [2.45, 2.75) is 25.6 Å². The van der Waals surface area contributed by atoms with Crippen LogP contribution in [0.2, 0.25) is 0 Å². The molecule has 0 radical (unpaired) electrons. The lowest BCUT2D eigenvalue weighted by molar-refractivity contribution is 0.269. The first kappa shape index (κ1) is 16.9. The standard InChI is InChI=1S/C18H25N5S/c1-4-22-11-7-9-15(22)17-16(14-8-5-6-10-19-14)20-18(24)23(17)13-12-21(2)3/h5-11,16-17H,4,12-13H2,1-3H3,(H,20,24)/t16-,17+/m0/s1. The maximum atomic E-state index is 5.66. The van der Waals surface area contributed by atoms with Gasteiger partial charge in [-0.3, -0.25) is 4.98 Å². The Morgan fingerprint density at radius 2 is 2.08 bits per heavy atom. The predicted octanol–water partition coefficient (Wildman–Crippen LogP) is 2.44. The summed E-state index contributed by atoms with van der Waals surface area (Å²) in [6, 6.07) is 10.6. The zero-order valence-electron chi connectivity index (χ0n) is 14.5. The number of likely N-dealkylation sites (N-methyl/N-ethyl adjacent to an activating group) is 1. The normalized spacial score (nSPS) is 20.7. The molecule has 0 bridgehead atoms. The fourth-order valence-corrected chi connectivity index (χ4v) is 3.59. The fourth-order valence-electron chi connectivity index (χ4n) is 3.26. The summed E-state index contributed by atoms with van der Waals surface area (Å²) in [5.74, 6) is 0. The average molecular weight is 344 g/mol. The second-order valence-corrected chi connectivity index (χ2v) is 6.73. The van der Waals surface area contributed by atoms with Crippen molar-refractivity contribution in [3.8, 4) is 0 Å². The molecule has 3 heterocycles. The van der Waals surface area contributed by atoms with Crippen LogP contribution in [0.1, 0.15) is 30.4 Å². The number of aromatic nitrogens is 2. The number of thiocarbonyl (C=S) groups is 1. The summed E-state index contributed by atoms with van der Waals surface area (Å²) in [6.07, 6.45) is 3.98. The third kappa shape index (κ3) is 3.30. The van der Waals surface area contributed by atoms with Gasteiger partial charge in [-0.15, -0.1) is 0 Å². The van der Waals surface area contributed by atoms with Crippen LogP contribution >= 0.6 is 12.2 Å². The maximum absolute atomic E-state index is 5.66. The Balaban J connectivity index is 1.98. The summed E-state index contributed by atoms with van der Waals surface area (Å²) in [5.41, 5.74) is 2.31. The predicted molar refractivity (Wildman–Crippen MR) is 101 cm³/mol. The maximum Gasteiger partial charge on any atom is 0.170 e. The molecule has 0 aliphatic carbocycles. The van der Waals surface area contributed by atoms with E-state index in [-0.39, 0.29) is 12.1 Å². The van der Waals surface area contributed by atoms with Gasteiger partial charge >= 0.3 is 0 Å². The van der Waals surface area contributed by atoms with Crippen LogP contribution < -0.4 is 5.32 Å². The molecule has 2 aromatic rings. The van der Waals surface area contributed by atoms with Crippen molar-refractivity contribution in [3.05, 3.63) is 54.1 Å². The quantitative estimate of drug-likeness (QED) is 0.815. The number of aryl methyl sites for hydroxylation is 1. The molecule has 2 atom stereocenters. The van der Waals surface area contributed by atoms with Gasteiger partial charge < -0.3 is 19.7 Å². The van der Waals surface area contributed by atoms with E-state index in [0.29, 0.717) is 0 Å². The van der Waals surface area contributed by atoms with E-state index in [1.807, 2.05) is 18.3 Å². The monoisotopic (exact) mass is 343 g/mol. The Bertz CT molecular complexity index is 682. The second-order valence-electron chi connectivity index (χ2n) is 6.34. The van der Waals surface area contributed by atoms with Gasteiger partial charge in [0.1, 0.15) is 0 Å². The Morgan fingerprint density at radius 1 is 1.25 bits per heavy atom. The molecule has 3 rings (SSSR count). The third-order valence-electron chi connectivity index (χ3n) is 4.49. The highest BCUT2D eigenvalue weighted by atomic mass is 32.1. The first-order valence-electron chi connectivity index (χ1n) is 8.39. The molecule has 1 N–H and O–H groups in total. The first-order chi connectivity index (χ1) is 11.6. The zero-order valence-corrected chi connectivity index (χ0v) is 15.3. The Kier molecular flexibility index (Phi) is 5.16. The van der Waals surface area contributed by atoms with Crippen molar-refractivity contribution in [2.75, 3.05) is 27.2 Å². The molecule has 5 nitrogen and oxygen atoms in total. The Labute approximate surface area is 149 Å². The topological polar surface area (TPSA) is 36.3 Å². The van der Waals surface area contributed by atoms with Crippen molar-refractivity contribution >= 4 is 17.3 Å². The SMILES string of the molecule is CCn1cccc1[C@@H]1[C@H](c2ccccn2)NC(=S)N1CCN(C)C. The summed E-state index contributed by atoms with van der Waals surface area (Å²) >= 11 is 5.66. The minimum absolute atomic E-state index is 0.0704. The summed E-state index contributed by atoms with van der Waals surface area (Å²) in [5, 5.41) is 4.30. The minimum Gasteiger partial charge on any atom is -0.352 e. The number of rotatable bonds is 6. The van der Waals surface area contributed by atoms with Gasteiger partial charge in [-0.1, -0.05) is 6.07 Å². The summed E-state index contributed by atoms with van der Waals surface area (Å²) in [6.45, 7) is 4.97. The molecule has 0 saturated carbocycles. The van der Waals surface area contributed by atoms with Gasteiger partial charge in [-0.2, -0.15) is 0 Å². The number of hydrogen-bond donors (Lipinski definition) is 1. The van der Waals surface area contributed by atoms with E-state index in [0.717, 1.165) is 30.4 Å². The van der Waals surface area contributed by atoms with E-state index in [4.69, 9.17) is 12.2 Å². The van der Waals surface area contributed by atoms with Crippen LogP contribution in [0.5, 0.6) is 0 Å². The second kappa shape index (κ2) is 7.32. The Morgan fingerprint density at radius 3 is 2.75 bits per heavy atom. The van der Waals surface area contributed by atoms with Gasteiger partial charge in [0.05, 0.1) is 17.8 Å². The highest BCUT2D eigenvalue weighted by Gasteiger charge is 2.40. The van der Waals surface area contributed by atoms with Crippen LogP contribution in [-0.2, 0) is 6.54 Å². The molecule has 0 spiro atoms. The molecule has 1 aliphatic rings. The van der Waals surface area contributed by atoms with E-state index in [2.05, 4.69) is 70.1 Å². The van der Waals surface area contributed by atoms with Crippen molar-refractivity contribution in [3.63, 3.8) is 0 Å². The number of nitrogens with zero attached hydrogens (tertiary/aromatic N) is 4. The van der Waals surface area contributed by atoms with E-state index < -0.39 is 0 Å². The van der Waals surface area contributed by atoms with Crippen molar-refractivity contribution in [1.29, 1.82) is 0 Å². The van der Waals surface area contributed by atoms with Gasteiger partial charge in [0.15, 0.2) is 5.11 Å². The first-order valence-corrected chi connectivity index (χ1v) is 8.80. The summed E-state index contributed by atoms with van der Waals surface area (Å²) in [4.78, 5) is 9.06. The molecule has 24 heavy (non-hydrogen) atoms. The number of pyridine rings is 1. The van der Waals surface area contributed by atoms with E-state index in [1.165, 1.54) is 5.69 Å². The van der Waals surface area contributed by atoms with Gasteiger partial charge in [-0.25, -0.2) is 0 Å². The van der Waals surface area contributed by atoms with Gasteiger partial charge in [0.2, 0.25) is 0 Å². The molecule has 1 fully saturated rings. The number of hydrogen-bond acceptors (Lipinski definition) is 3. The molecule has 2 aromatic heterocycles. The lowest BCUT2D eigenvalue weighted by Crippen LogP contribution is -2.36. The molecule has 128 valence electrons. The summed E-state index contributed by atoms with van der Waals surface area (Å²) in [7, 11) is 4.18. The smallest absolute Gasteiger partial charge is 0.170 e. The average Bonchev–Trinajstić information content (AvgIpc) is 3.17. The van der Waals surface area contributed by atoms with Crippen LogP contribution in [0.4, 0.5) is 0 Å². The van der Waals surface area contributed by atoms with Crippen molar-refractivity contribution in [1.82, 2.24) is 24.7 Å². The molecule has 0 amide bonds. The van der Waals surface area contributed by atoms with Gasteiger partial charge in [-0.05, 0) is 57.5 Å². The van der Waals surface area contributed by atoms with Crippen LogP contribution in [0.15, 0.2) is 42.7 Å². The summed E-state index contributed by atoms with van der Waals surface area (Å²) < 4.78 is 2.29. The molecule has 0 unspecified atom stereocenters. The van der Waals surface area contributed by atoms with Gasteiger partial charge in [0.25, 0.3) is 0 Å². The Hall–Kier alpha value is -1.92. The van der Waals surface area contributed by atoms with Crippen molar-refractivity contribution in [2.24, 2.45) is 0 Å². The molecule has 0 aromatic carbocycles. The molecule has 1 aliphatic heterocycles.